The maximum atomic E-state index is 6.12. The zero-order valence-electron chi connectivity index (χ0n) is 14.2. The van der Waals surface area contributed by atoms with E-state index in [1.54, 1.807) is 4.57 Å². The van der Waals surface area contributed by atoms with E-state index in [2.05, 4.69) is 37.3 Å². The normalized spacial score (nSPS) is 15.5. The van der Waals surface area contributed by atoms with E-state index in [1.165, 1.54) is 17.1 Å². The summed E-state index contributed by atoms with van der Waals surface area (Å²) in [7, 11) is 1.82. The molecule has 1 N–H and O–H groups in total. The van der Waals surface area contributed by atoms with E-state index in [0.717, 1.165) is 30.8 Å². The predicted octanol–water partition coefficient (Wildman–Crippen LogP) is 3.96. The number of rotatable bonds is 4. The first kappa shape index (κ1) is 17.9. The molecule has 1 saturated heterocycles. The van der Waals surface area contributed by atoms with Gasteiger partial charge in [0.15, 0.2) is 11.5 Å². The van der Waals surface area contributed by atoms with Crippen molar-refractivity contribution >= 4 is 57.6 Å². The molecule has 3 aromatic rings. The van der Waals surface area contributed by atoms with Crippen molar-refractivity contribution in [2.45, 2.75) is 6.54 Å². The molecule has 0 bridgehead atoms. The summed E-state index contributed by atoms with van der Waals surface area (Å²) in [4.78, 5) is 15.2. The van der Waals surface area contributed by atoms with Crippen LogP contribution in [-0.2, 0) is 13.6 Å². The third-order valence-electron chi connectivity index (χ3n) is 4.35. The molecular formula is C17H18Cl2N6S. The van der Waals surface area contributed by atoms with Gasteiger partial charge in [-0.15, -0.1) is 0 Å². The van der Waals surface area contributed by atoms with Crippen molar-refractivity contribution in [3.63, 3.8) is 0 Å². The van der Waals surface area contributed by atoms with Crippen LogP contribution in [0.5, 0.6) is 0 Å². The molecule has 6 nitrogen and oxygen atoms in total. The largest absolute Gasteiger partial charge is 0.338 e. The summed E-state index contributed by atoms with van der Waals surface area (Å²) < 4.78 is 1.74. The van der Waals surface area contributed by atoms with Crippen molar-refractivity contribution in [2.24, 2.45) is 7.05 Å². The van der Waals surface area contributed by atoms with E-state index >= 15 is 0 Å². The van der Waals surface area contributed by atoms with Gasteiger partial charge in [0.1, 0.15) is 5.52 Å². The van der Waals surface area contributed by atoms with Gasteiger partial charge in [-0.25, -0.2) is 0 Å². The lowest BCUT2D eigenvalue weighted by Crippen LogP contribution is -2.31. The highest BCUT2D eigenvalue weighted by Crippen LogP contribution is 2.27. The number of benzene rings is 1. The molecule has 2 aromatic heterocycles. The molecule has 1 fully saturated rings. The first-order valence-corrected chi connectivity index (χ1v) is 10.2. The van der Waals surface area contributed by atoms with Crippen LogP contribution >= 0.6 is 35.0 Å². The molecule has 0 spiro atoms. The summed E-state index contributed by atoms with van der Waals surface area (Å²) in [5.74, 6) is 3.00. The molecule has 4 rings (SSSR count). The Hall–Kier alpha value is -1.54. The Morgan fingerprint density at radius 1 is 1.15 bits per heavy atom. The Morgan fingerprint density at radius 3 is 2.77 bits per heavy atom. The maximum absolute atomic E-state index is 6.12. The fraction of sp³-hybridized carbons (Fsp3) is 0.353. The van der Waals surface area contributed by atoms with Gasteiger partial charge in [0.2, 0.25) is 10.6 Å². The number of fused-ring (bicyclic) bond motifs is 1. The molecule has 1 aliphatic rings. The molecule has 0 amide bonds. The lowest BCUT2D eigenvalue weighted by molar-refractivity contribution is 0.294. The molecule has 0 radical (unpaired) electrons. The van der Waals surface area contributed by atoms with Crippen LogP contribution in [0.2, 0.25) is 10.6 Å². The number of nitrogens with zero attached hydrogens (tertiary/aromatic N) is 5. The smallest absolute Gasteiger partial charge is 0.226 e. The van der Waals surface area contributed by atoms with Gasteiger partial charge in [-0.1, -0.05) is 12.1 Å². The predicted molar refractivity (Wildman–Crippen MR) is 109 cm³/mol. The Morgan fingerprint density at radius 2 is 1.96 bits per heavy atom. The van der Waals surface area contributed by atoms with Crippen LogP contribution < -0.4 is 5.32 Å². The highest BCUT2D eigenvalue weighted by molar-refractivity contribution is 7.99. The molecule has 1 aliphatic heterocycles. The van der Waals surface area contributed by atoms with E-state index in [-0.39, 0.29) is 5.28 Å². The van der Waals surface area contributed by atoms with Gasteiger partial charge < -0.3 is 9.88 Å². The second-order valence-electron chi connectivity index (χ2n) is 6.17. The van der Waals surface area contributed by atoms with Crippen molar-refractivity contribution in [1.29, 1.82) is 0 Å². The minimum atomic E-state index is 0.136. The first-order valence-electron chi connectivity index (χ1n) is 8.31. The molecule has 0 unspecified atom stereocenters. The van der Waals surface area contributed by atoms with Crippen LogP contribution in [0.25, 0.3) is 11.2 Å². The van der Waals surface area contributed by atoms with Crippen molar-refractivity contribution in [3.8, 4) is 0 Å². The fourth-order valence-corrected chi connectivity index (χ4v) is 4.35. The molecule has 0 aliphatic carbocycles. The minimum Gasteiger partial charge on any atom is -0.338 e. The van der Waals surface area contributed by atoms with Gasteiger partial charge in [-0.05, 0) is 40.9 Å². The van der Waals surface area contributed by atoms with Crippen molar-refractivity contribution in [1.82, 2.24) is 24.4 Å². The summed E-state index contributed by atoms with van der Waals surface area (Å²) in [6.45, 7) is 3.23. The number of aryl methyl sites for hydroxylation is 1. The maximum Gasteiger partial charge on any atom is 0.226 e. The molecular weight excluding hydrogens is 391 g/mol. The molecule has 9 heteroatoms. The lowest BCUT2D eigenvalue weighted by Gasteiger charge is -2.26. The van der Waals surface area contributed by atoms with Gasteiger partial charge in [-0.3, -0.25) is 4.90 Å². The standard InChI is InChI=1S/C17H18Cl2N6S/c1-24-13-14(21-16(18)22-15(13)23-17(24)19)20-12-4-2-3-11(9-12)10-25-5-7-26-8-6-25/h2-4,9H,5-8,10H2,1H3,(H,20,21,22). The molecule has 3 heterocycles. The highest BCUT2D eigenvalue weighted by Gasteiger charge is 2.15. The summed E-state index contributed by atoms with van der Waals surface area (Å²) in [5, 5.41) is 3.82. The summed E-state index contributed by atoms with van der Waals surface area (Å²) in [6, 6.07) is 8.35. The highest BCUT2D eigenvalue weighted by atomic mass is 35.5. The van der Waals surface area contributed by atoms with E-state index < -0.39 is 0 Å². The van der Waals surface area contributed by atoms with Crippen LogP contribution in [0.4, 0.5) is 11.5 Å². The number of thioether (sulfide) groups is 1. The van der Waals surface area contributed by atoms with Gasteiger partial charge in [0.05, 0.1) is 0 Å². The van der Waals surface area contributed by atoms with Gasteiger partial charge >= 0.3 is 0 Å². The lowest BCUT2D eigenvalue weighted by atomic mass is 10.2. The Bertz CT molecular complexity index is 938. The minimum absolute atomic E-state index is 0.136. The number of nitrogens with one attached hydrogen (secondary N) is 1. The van der Waals surface area contributed by atoms with E-state index in [4.69, 9.17) is 23.2 Å². The molecule has 136 valence electrons. The number of imidazole rings is 1. The zero-order valence-corrected chi connectivity index (χ0v) is 16.6. The molecule has 0 atom stereocenters. The zero-order chi connectivity index (χ0) is 18.1. The number of hydrogen-bond donors (Lipinski definition) is 1. The van der Waals surface area contributed by atoms with Crippen LogP contribution in [0.15, 0.2) is 24.3 Å². The second kappa shape index (κ2) is 7.60. The molecule has 1 aromatic carbocycles. The SMILES string of the molecule is Cn1c(Cl)nc2nc(Cl)nc(Nc3cccc(CN4CCSCC4)c3)c21. The number of hydrogen-bond acceptors (Lipinski definition) is 6. The van der Waals surface area contributed by atoms with Crippen molar-refractivity contribution < 1.29 is 0 Å². The number of aromatic nitrogens is 4. The van der Waals surface area contributed by atoms with Gasteiger partial charge in [0, 0.05) is 43.9 Å². The quantitative estimate of drug-likeness (QED) is 0.520. The Balaban J connectivity index is 1.61. The Kier molecular flexibility index (Phi) is 5.22. The Labute approximate surface area is 165 Å². The molecule has 26 heavy (non-hydrogen) atoms. The second-order valence-corrected chi connectivity index (χ2v) is 8.07. The monoisotopic (exact) mass is 408 g/mol. The van der Waals surface area contributed by atoms with Gasteiger partial charge in [-0.2, -0.15) is 26.7 Å². The number of anilines is 2. The average molecular weight is 409 g/mol. The third-order valence-corrected chi connectivity index (χ3v) is 5.80. The average Bonchev–Trinajstić information content (AvgIpc) is 2.90. The van der Waals surface area contributed by atoms with Crippen LogP contribution in [0.3, 0.4) is 0 Å². The van der Waals surface area contributed by atoms with Crippen LogP contribution in [0.1, 0.15) is 5.56 Å². The van der Waals surface area contributed by atoms with Crippen molar-refractivity contribution in [3.05, 3.63) is 40.4 Å². The summed E-state index contributed by atoms with van der Waals surface area (Å²) >= 11 is 14.2. The van der Waals surface area contributed by atoms with E-state index in [9.17, 15) is 0 Å². The number of halogens is 2. The fourth-order valence-electron chi connectivity index (χ4n) is 3.05. The van der Waals surface area contributed by atoms with Crippen molar-refractivity contribution in [2.75, 3.05) is 29.9 Å². The third kappa shape index (κ3) is 3.76. The van der Waals surface area contributed by atoms with Gasteiger partial charge in [0.25, 0.3) is 0 Å². The summed E-state index contributed by atoms with van der Waals surface area (Å²) in [5.41, 5.74) is 3.41. The first-order chi connectivity index (χ1) is 12.6. The molecule has 0 saturated carbocycles. The van der Waals surface area contributed by atoms with Crippen LogP contribution in [0, 0.1) is 0 Å². The van der Waals surface area contributed by atoms with E-state index in [0.29, 0.717) is 16.7 Å². The van der Waals surface area contributed by atoms with Crippen LogP contribution in [-0.4, -0.2) is 49.0 Å². The van der Waals surface area contributed by atoms with E-state index in [1.807, 2.05) is 30.9 Å². The summed E-state index contributed by atoms with van der Waals surface area (Å²) in [6.07, 6.45) is 0. The topological polar surface area (TPSA) is 58.9 Å².